The van der Waals surface area contributed by atoms with Gasteiger partial charge in [-0.15, -0.1) is 0 Å². The lowest BCUT2D eigenvalue weighted by Crippen LogP contribution is -2.50. The Bertz CT molecular complexity index is 218. The Morgan fingerprint density at radius 3 is 2.82 bits per heavy atom. The highest BCUT2D eigenvalue weighted by molar-refractivity contribution is 7.99. The molecule has 1 aliphatic carbocycles. The topological polar surface area (TPSA) is 21.3 Å². The van der Waals surface area contributed by atoms with Crippen LogP contribution < -0.4 is 5.32 Å². The molecule has 4 atom stereocenters. The van der Waals surface area contributed by atoms with Crippen LogP contribution in [-0.2, 0) is 4.74 Å². The molecule has 17 heavy (non-hydrogen) atoms. The Balaban J connectivity index is 1.99. The van der Waals surface area contributed by atoms with Gasteiger partial charge in [0.15, 0.2) is 0 Å². The predicted molar refractivity (Wildman–Crippen MR) is 75.7 cm³/mol. The molecule has 0 amide bonds. The summed E-state index contributed by atoms with van der Waals surface area (Å²) in [7, 11) is 2.12. The lowest BCUT2D eigenvalue weighted by Gasteiger charge is -2.41. The second-order valence-corrected chi connectivity index (χ2v) is 6.57. The maximum atomic E-state index is 5.99. The summed E-state index contributed by atoms with van der Waals surface area (Å²) in [6.45, 7) is 3.29. The molecule has 1 saturated carbocycles. The van der Waals surface area contributed by atoms with Gasteiger partial charge in [-0.2, -0.15) is 11.8 Å². The van der Waals surface area contributed by atoms with E-state index in [1.807, 2.05) is 0 Å². The van der Waals surface area contributed by atoms with Crippen LogP contribution in [0.5, 0.6) is 0 Å². The number of hydrogen-bond donors (Lipinski definition) is 1. The fourth-order valence-corrected chi connectivity index (χ4v) is 4.52. The minimum Gasteiger partial charge on any atom is -0.375 e. The van der Waals surface area contributed by atoms with Gasteiger partial charge < -0.3 is 10.1 Å². The van der Waals surface area contributed by atoms with Crippen molar-refractivity contribution in [2.24, 2.45) is 11.8 Å². The molecular weight excluding hydrogens is 230 g/mol. The zero-order valence-electron chi connectivity index (χ0n) is 11.3. The van der Waals surface area contributed by atoms with Crippen molar-refractivity contribution in [3.63, 3.8) is 0 Å². The third kappa shape index (κ3) is 3.39. The molecule has 4 unspecified atom stereocenters. The number of thioether (sulfide) groups is 1. The van der Waals surface area contributed by atoms with E-state index >= 15 is 0 Å². The van der Waals surface area contributed by atoms with Crippen molar-refractivity contribution in [2.75, 3.05) is 25.2 Å². The lowest BCUT2D eigenvalue weighted by molar-refractivity contribution is 0.0126. The Morgan fingerprint density at radius 1 is 1.35 bits per heavy atom. The summed E-state index contributed by atoms with van der Waals surface area (Å²) in [6, 6.07) is 0.577. The molecule has 100 valence electrons. The summed E-state index contributed by atoms with van der Waals surface area (Å²) in [4.78, 5) is 0. The number of ether oxygens (including phenoxy) is 1. The van der Waals surface area contributed by atoms with Crippen molar-refractivity contribution >= 4 is 11.8 Å². The monoisotopic (exact) mass is 257 g/mol. The molecule has 1 saturated heterocycles. The predicted octanol–water partition coefficient (Wildman–Crippen LogP) is 2.92. The number of likely N-dealkylation sites (N-methyl/N-ethyl adjacent to an activating group) is 1. The van der Waals surface area contributed by atoms with Crippen molar-refractivity contribution < 1.29 is 4.74 Å². The molecule has 1 aliphatic heterocycles. The molecule has 2 fully saturated rings. The molecule has 0 bridgehead atoms. The van der Waals surface area contributed by atoms with Gasteiger partial charge in [0.1, 0.15) is 0 Å². The number of hydrogen-bond acceptors (Lipinski definition) is 3. The van der Waals surface area contributed by atoms with Crippen molar-refractivity contribution in [3.8, 4) is 0 Å². The number of rotatable bonds is 4. The van der Waals surface area contributed by atoms with Crippen LogP contribution in [0.4, 0.5) is 0 Å². The standard InChI is InChI=1S/C14H27NOS/c1-3-11-6-4-5-7-12(11)14(15-2)13-10-17-9-8-16-13/h11-15H,3-10H2,1-2H3. The van der Waals surface area contributed by atoms with Gasteiger partial charge in [-0.25, -0.2) is 0 Å². The first-order chi connectivity index (χ1) is 8.36. The second-order valence-electron chi connectivity index (χ2n) is 5.42. The van der Waals surface area contributed by atoms with Gasteiger partial charge in [-0.1, -0.05) is 32.6 Å². The highest BCUT2D eigenvalue weighted by Gasteiger charge is 2.35. The molecule has 3 heteroatoms. The maximum absolute atomic E-state index is 5.99. The van der Waals surface area contributed by atoms with Crippen LogP contribution in [-0.4, -0.2) is 37.3 Å². The quantitative estimate of drug-likeness (QED) is 0.837. The Morgan fingerprint density at radius 2 is 2.18 bits per heavy atom. The third-order valence-electron chi connectivity index (χ3n) is 4.53. The molecule has 0 aromatic rings. The van der Waals surface area contributed by atoms with Crippen LogP contribution in [0.3, 0.4) is 0 Å². The SMILES string of the molecule is CCC1CCCCC1C(NC)C1CSCCO1. The summed E-state index contributed by atoms with van der Waals surface area (Å²) in [5, 5.41) is 3.57. The molecule has 0 aromatic heterocycles. The molecule has 0 aromatic carbocycles. The summed E-state index contributed by atoms with van der Waals surface area (Å²) in [6.07, 6.45) is 7.46. The zero-order valence-corrected chi connectivity index (χ0v) is 12.1. The van der Waals surface area contributed by atoms with E-state index in [1.54, 1.807) is 0 Å². The van der Waals surface area contributed by atoms with Crippen molar-refractivity contribution in [1.29, 1.82) is 0 Å². The van der Waals surface area contributed by atoms with Crippen LogP contribution in [0.2, 0.25) is 0 Å². The zero-order chi connectivity index (χ0) is 12.1. The molecule has 1 N–H and O–H groups in total. The normalized spacial score (nSPS) is 36.7. The maximum Gasteiger partial charge on any atom is 0.0821 e. The first kappa shape index (κ1) is 13.7. The highest BCUT2D eigenvalue weighted by atomic mass is 32.2. The van der Waals surface area contributed by atoms with Crippen LogP contribution in [0.15, 0.2) is 0 Å². The fraction of sp³-hybridized carbons (Fsp3) is 1.00. The van der Waals surface area contributed by atoms with Gasteiger partial charge in [-0.05, 0) is 25.3 Å². The van der Waals surface area contributed by atoms with E-state index < -0.39 is 0 Å². The minimum absolute atomic E-state index is 0.441. The van der Waals surface area contributed by atoms with E-state index in [-0.39, 0.29) is 0 Å². The van der Waals surface area contributed by atoms with Crippen molar-refractivity contribution in [1.82, 2.24) is 5.32 Å². The Hall–Kier alpha value is 0.270. The first-order valence-electron chi connectivity index (χ1n) is 7.23. The highest BCUT2D eigenvalue weighted by Crippen LogP contribution is 2.36. The summed E-state index contributed by atoms with van der Waals surface area (Å²) in [5.74, 6) is 4.10. The van der Waals surface area contributed by atoms with E-state index in [2.05, 4.69) is 31.1 Å². The summed E-state index contributed by atoms with van der Waals surface area (Å²) >= 11 is 2.05. The molecule has 0 radical (unpaired) electrons. The van der Waals surface area contributed by atoms with Crippen LogP contribution >= 0.6 is 11.8 Å². The summed E-state index contributed by atoms with van der Waals surface area (Å²) in [5.41, 5.74) is 0. The summed E-state index contributed by atoms with van der Waals surface area (Å²) < 4.78 is 5.99. The third-order valence-corrected chi connectivity index (χ3v) is 5.55. The van der Waals surface area contributed by atoms with Gasteiger partial charge in [-0.3, -0.25) is 0 Å². The van der Waals surface area contributed by atoms with E-state index in [0.29, 0.717) is 12.1 Å². The second kappa shape index (κ2) is 7.01. The van der Waals surface area contributed by atoms with Crippen LogP contribution in [0, 0.1) is 11.8 Å². The molecular formula is C14H27NOS. The average molecular weight is 257 g/mol. The smallest absolute Gasteiger partial charge is 0.0821 e. The van der Waals surface area contributed by atoms with Gasteiger partial charge in [0, 0.05) is 17.5 Å². The van der Waals surface area contributed by atoms with Gasteiger partial charge in [0.2, 0.25) is 0 Å². The van der Waals surface area contributed by atoms with Crippen molar-refractivity contribution in [3.05, 3.63) is 0 Å². The first-order valence-corrected chi connectivity index (χ1v) is 8.39. The van der Waals surface area contributed by atoms with Crippen molar-refractivity contribution in [2.45, 2.75) is 51.2 Å². The molecule has 1 heterocycles. The van der Waals surface area contributed by atoms with Gasteiger partial charge in [0.25, 0.3) is 0 Å². The van der Waals surface area contributed by atoms with Crippen LogP contribution in [0.25, 0.3) is 0 Å². The van der Waals surface area contributed by atoms with Gasteiger partial charge >= 0.3 is 0 Å². The lowest BCUT2D eigenvalue weighted by atomic mass is 9.73. The Labute approximate surface area is 110 Å². The van der Waals surface area contributed by atoms with E-state index in [0.717, 1.165) is 18.4 Å². The van der Waals surface area contributed by atoms with Crippen LogP contribution in [0.1, 0.15) is 39.0 Å². The molecule has 0 spiro atoms. The van der Waals surface area contributed by atoms with Gasteiger partial charge in [0.05, 0.1) is 12.7 Å². The van der Waals surface area contributed by atoms with E-state index in [9.17, 15) is 0 Å². The fourth-order valence-electron chi connectivity index (χ4n) is 3.61. The Kier molecular flexibility index (Phi) is 5.64. The largest absolute Gasteiger partial charge is 0.375 e. The molecule has 2 aliphatic rings. The van der Waals surface area contributed by atoms with E-state index in [1.165, 1.54) is 43.6 Å². The number of nitrogens with one attached hydrogen (secondary N) is 1. The molecule has 2 rings (SSSR count). The average Bonchev–Trinajstić information content (AvgIpc) is 2.41. The molecule has 2 nitrogen and oxygen atoms in total. The minimum atomic E-state index is 0.441. The van der Waals surface area contributed by atoms with E-state index in [4.69, 9.17) is 4.74 Å².